The normalized spacial score (nSPS) is 15.1. The predicted octanol–water partition coefficient (Wildman–Crippen LogP) is -3.22. The van der Waals surface area contributed by atoms with Gasteiger partial charge in [0.15, 0.2) is 0 Å². The van der Waals surface area contributed by atoms with E-state index in [4.69, 9.17) is 35.7 Å². The Labute approximate surface area is 553 Å². The Morgan fingerprint density at radius 1 is 0.474 bits per heavy atom. The largest absolute Gasteiger partial charge is 0.461 e. The van der Waals surface area contributed by atoms with Gasteiger partial charge in [0, 0.05) is 168 Å². The second-order valence-corrected chi connectivity index (χ2v) is 21.7. The predicted molar refractivity (Wildman–Crippen MR) is 349 cm³/mol. The summed E-state index contributed by atoms with van der Waals surface area (Å²) in [6.45, 7) is 18.7. The van der Waals surface area contributed by atoms with Gasteiger partial charge in [0.05, 0.1) is 52.1 Å². The first-order chi connectivity index (χ1) is 46.0. The Bertz CT molecular complexity index is 2710. The van der Waals surface area contributed by atoms with Crippen LogP contribution < -0.4 is 64.2 Å². The molecule has 35 heteroatoms. The highest BCUT2D eigenvalue weighted by Crippen LogP contribution is 2.08. The van der Waals surface area contributed by atoms with Crippen LogP contribution in [0.5, 0.6) is 0 Å². The molecule has 35 nitrogen and oxygen atoms in total. The molecule has 0 saturated carbocycles. The van der Waals surface area contributed by atoms with Gasteiger partial charge >= 0.3 is 11.9 Å². The second kappa shape index (κ2) is 50.8. The molecule has 0 aliphatic carbocycles. The Morgan fingerprint density at radius 3 is 1.18 bits per heavy atom. The molecule has 0 radical (unpaired) electrons. The maximum atomic E-state index is 13.2. The summed E-state index contributed by atoms with van der Waals surface area (Å²) >= 11 is 0. The Morgan fingerprint density at radius 2 is 0.821 bits per heavy atom. The molecule has 8 amide bonds. The molecule has 0 aromatic heterocycles. The van der Waals surface area contributed by atoms with Crippen molar-refractivity contribution >= 4 is 59.2 Å². The quantitative estimate of drug-likeness (QED) is 0.0103. The summed E-state index contributed by atoms with van der Waals surface area (Å²) in [6, 6.07) is 12.5. The molecule has 95 heavy (non-hydrogen) atoms. The van der Waals surface area contributed by atoms with E-state index in [0.29, 0.717) is 26.2 Å². The number of piperazine rings is 3. The molecular formula is C60H97N21O14. The molecule has 0 unspecified atom stereocenters. The van der Waals surface area contributed by atoms with Crippen LogP contribution in [0.1, 0.15) is 50.7 Å². The first-order valence-corrected chi connectivity index (χ1v) is 31.8. The maximum Gasteiger partial charge on any atom is 0.308 e. The van der Waals surface area contributed by atoms with Gasteiger partial charge in [-0.2, -0.15) is 0 Å². The van der Waals surface area contributed by atoms with Crippen LogP contribution in [0.2, 0.25) is 0 Å². The number of amides is 8. The molecular weight excluding hydrogens is 1240 g/mol. The third kappa shape index (κ3) is 39.6. The molecule has 4 atom stereocenters. The maximum absolute atomic E-state index is 13.2. The number of ether oxygens (including phenoxy) is 4. The van der Waals surface area contributed by atoms with E-state index in [0.717, 1.165) is 103 Å². The molecule has 3 aliphatic rings. The molecule has 0 bridgehead atoms. The zero-order valence-corrected chi connectivity index (χ0v) is 54.5. The van der Waals surface area contributed by atoms with Crippen molar-refractivity contribution < 1.29 is 66.9 Å². The summed E-state index contributed by atoms with van der Waals surface area (Å²) in [5.74, 6) is -6.48. The number of esters is 2. The number of carbonyl (C=O) groups excluding carboxylic acids is 10. The third-order valence-corrected chi connectivity index (χ3v) is 14.1. The van der Waals surface area contributed by atoms with E-state index >= 15 is 0 Å². The smallest absolute Gasteiger partial charge is 0.308 e. The average Bonchev–Trinajstić information content (AvgIpc) is 1.47. The van der Waals surface area contributed by atoms with Crippen molar-refractivity contribution in [3.8, 4) is 0 Å². The molecule has 3 aliphatic heterocycles. The lowest BCUT2D eigenvalue weighted by Gasteiger charge is -2.27. The standard InChI is InChI=1S/C28H34N6O8.C26H48N12O6.C6H15N3/c1-20(35)32-24(17-26(37)42-19-22-10-6-3-7-11-22)28(39)33-23(27(38)30-12-14-40-15-13-31-34-29)16-25(36)41-18-21-8-4-2-5-9-21;1-20(39)34-22(19-24(41)31-7-15-38-12-4-29-5-13-38)26(43)35-21(25(42)32-8-16-44-17-9-33-36-27)18-23(40)30-6-14-37-10-2-28-3-11-37;7-1-4-9-5-2-8-3-6-9/h2-11,23-24H,12-19H2,1H3,(H,30,38)(H,32,35)(H,33,39);21-22,28-29H,2-19H2,1H3,(H,30,40)(H,31,41)(H,32,42)(H,34,39)(H,35,43);8H,1-7H2/t23-,24+;21-,22+;/m00./s1. The number of nitrogens with zero attached hydrogens (tertiary/aromatic N) is 9. The Hall–Kier alpha value is -8.60. The van der Waals surface area contributed by atoms with E-state index < -0.39 is 96.2 Å². The minimum absolute atomic E-state index is 0.0292. The van der Waals surface area contributed by atoms with Crippen molar-refractivity contribution in [1.82, 2.24) is 73.2 Å². The lowest BCUT2D eigenvalue weighted by atomic mass is 10.1. The van der Waals surface area contributed by atoms with E-state index in [1.807, 2.05) is 12.1 Å². The molecule has 2 aromatic rings. The van der Waals surface area contributed by atoms with E-state index in [-0.39, 0.29) is 78.7 Å². The highest BCUT2D eigenvalue weighted by atomic mass is 16.5. The fourth-order valence-electron chi connectivity index (χ4n) is 9.25. The summed E-state index contributed by atoms with van der Waals surface area (Å²) in [4.78, 5) is 138. The molecule has 3 saturated heterocycles. The number of hydrogen-bond donors (Lipinski definition) is 12. The van der Waals surface area contributed by atoms with Crippen LogP contribution in [-0.4, -0.2) is 268 Å². The van der Waals surface area contributed by atoms with Gasteiger partial charge in [0.25, 0.3) is 0 Å². The highest BCUT2D eigenvalue weighted by molar-refractivity contribution is 5.97. The number of nitrogens with two attached hydrogens (primary N) is 1. The van der Waals surface area contributed by atoms with Crippen LogP contribution in [-0.2, 0) is 80.1 Å². The number of azide groups is 2. The van der Waals surface area contributed by atoms with Gasteiger partial charge < -0.3 is 83.2 Å². The van der Waals surface area contributed by atoms with Crippen LogP contribution in [0.25, 0.3) is 20.9 Å². The van der Waals surface area contributed by atoms with Gasteiger partial charge in [-0.15, -0.1) is 0 Å². The molecule has 526 valence electrons. The minimum Gasteiger partial charge on any atom is -0.461 e. The SMILES string of the molecule is CC(=O)N[C@H](CC(=O)NCCN1CCNCC1)C(=O)N[C@@H](CC(=O)NCCN1CCNCC1)C(=O)NCCOCCN=[N+]=[N-].CC(=O)N[C@H](CC(=O)OCc1ccccc1)C(=O)N[C@@H](CC(=O)OCc1ccccc1)C(=O)NCCOCCN=[N+]=[N-].NCCN1CCNCC1. The van der Waals surface area contributed by atoms with Gasteiger partial charge in [-0.3, -0.25) is 62.6 Å². The zero-order chi connectivity index (χ0) is 69.1. The van der Waals surface area contributed by atoms with E-state index in [2.05, 4.69) is 93.2 Å². The third-order valence-electron chi connectivity index (χ3n) is 14.1. The van der Waals surface area contributed by atoms with Gasteiger partial charge in [-0.25, -0.2) is 0 Å². The summed E-state index contributed by atoms with van der Waals surface area (Å²) < 4.78 is 21.0. The lowest BCUT2D eigenvalue weighted by molar-refractivity contribution is -0.149. The van der Waals surface area contributed by atoms with Crippen molar-refractivity contribution in [3.63, 3.8) is 0 Å². The monoisotopic (exact) mass is 1340 g/mol. The Balaban J connectivity index is 0.000000436. The molecule has 3 fully saturated rings. The number of carbonyl (C=O) groups is 10. The topological polar surface area (TPSA) is 473 Å². The summed E-state index contributed by atoms with van der Waals surface area (Å²) in [5, 5.41) is 37.0. The molecule has 5 rings (SSSR count). The van der Waals surface area contributed by atoms with Crippen LogP contribution >= 0.6 is 0 Å². The molecule has 2 aromatic carbocycles. The first kappa shape index (κ1) is 80.6. The van der Waals surface area contributed by atoms with Gasteiger partial charge in [0.1, 0.15) is 37.4 Å². The summed E-state index contributed by atoms with van der Waals surface area (Å²) in [6.07, 6.45) is -1.71. The van der Waals surface area contributed by atoms with Crippen molar-refractivity contribution in [1.29, 1.82) is 0 Å². The first-order valence-electron chi connectivity index (χ1n) is 31.8. The summed E-state index contributed by atoms with van der Waals surface area (Å²) in [5.41, 5.74) is 23.5. The van der Waals surface area contributed by atoms with Crippen molar-refractivity contribution in [2.24, 2.45) is 16.0 Å². The zero-order valence-electron chi connectivity index (χ0n) is 54.5. The van der Waals surface area contributed by atoms with Crippen LogP contribution in [0.15, 0.2) is 70.9 Å². The van der Waals surface area contributed by atoms with E-state index in [1.54, 1.807) is 48.5 Å². The van der Waals surface area contributed by atoms with Crippen LogP contribution in [0, 0.1) is 0 Å². The number of benzene rings is 2. The van der Waals surface area contributed by atoms with Crippen molar-refractivity contribution in [2.75, 3.05) is 170 Å². The van der Waals surface area contributed by atoms with Crippen molar-refractivity contribution in [3.05, 3.63) is 92.7 Å². The fraction of sp³-hybridized carbons (Fsp3) is 0.633. The van der Waals surface area contributed by atoms with Gasteiger partial charge in [-0.05, 0) is 22.2 Å². The minimum atomic E-state index is -1.39. The van der Waals surface area contributed by atoms with E-state index in [9.17, 15) is 47.9 Å². The van der Waals surface area contributed by atoms with Crippen molar-refractivity contribution in [2.45, 2.75) is 76.9 Å². The van der Waals surface area contributed by atoms with Gasteiger partial charge in [-0.1, -0.05) is 70.9 Å². The Kier molecular flexibility index (Phi) is 43.1. The molecule has 3 heterocycles. The number of hydrogen-bond acceptors (Lipinski definition) is 23. The molecule has 13 N–H and O–H groups in total. The second-order valence-electron chi connectivity index (χ2n) is 21.7. The number of rotatable bonds is 40. The molecule has 0 spiro atoms. The fourth-order valence-corrected chi connectivity index (χ4v) is 9.25. The van der Waals surface area contributed by atoms with E-state index in [1.165, 1.54) is 13.8 Å². The average molecular weight is 1340 g/mol. The number of nitrogens with one attached hydrogen (secondary N) is 11. The highest BCUT2D eigenvalue weighted by Gasteiger charge is 2.32. The summed E-state index contributed by atoms with van der Waals surface area (Å²) in [7, 11) is 0. The van der Waals surface area contributed by atoms with Crippen LogP contribution in [0.4, 0.5) is 0 Å². The van der Waals surface area contributed by atoms with Crippen LogP contribution in [0.3, 0.4) is 0 Å². The lowest BCUT2D eigenvalue weighted by Crippen LogP contribution is -2.56. The van der Waals surface area contributed by atoms with Gasteiger partial charge in [0.2, 0.25) is 47.3 Å².